The van der Waals surface area contributed by atoms with Gasteiger partial charge in [0.25, 0.3) is 0 Å². The molecule has 3 heteroatoms. The fourth-order valence-corrected chi connectivity index (χ4v) is 2.32. The van der Waals surface area contributed by atoms with Crippen molar-refractivity contribution in [1.82, 2.24) is 5.32 Å². The van der Waals surface area contributed by atoms with Gasteiger partial charge in [-0.05, 0) is 29.7 Å². The van der Waals surface area contributed by atoms with Crippen LogP contribution < -0.4 is 5.32 Å². The van der Waals surface area contributed by atoms with Crippen LogP contribution in [0.25, 0.3) is 0 Å². The number of hydrogen-bond donors (Lipinski definition) is 1. The van der Waals surface area contributed by atoms with Crippen molar-refractivity contribution in [1.29, 1.82) is 5.26 Å². The highest BCUT2D eigenvalue weighted by molar-refractivity contribution is 5.81. The summed E-state index contributed by atoms with van der Waals surface area (Å²) >= 11 is 0. The lowest BCUT2D eigenvalue weighted by atomic mass is 10.00. The summed E-state index contributed by atoms with van der Waals surface area (Å²) in [7, 11) is 0. The number of rotatable bonds is 5. The van der Waals surface area contributed by atoms with Gasteiger partial charge in [0.1, 0.15) is 5.92 Å². The maximum Gasteiger partial charge on any atom is 0.237 e. The van der Waals surface area contributed by atoms with Crippen molar-refractivity contribution in [2.45, 2.75) is 26.7 Å². The second kappa shape index (κ2) is 5.44. The van der Waals surface area contributed by atoms with E-state index < -0.39 is 5.92 Å². The fourth-order valence-electron chi connectivity index (χ4n) is 2.32. The minimum atomic E-state index is -0.593. The summed E-state index contributed by atoms with van der Waals surface area (Å²) in [6.07, 6.45) is 1.64. The molecule has 0 heterocycles. The lowest BCUT2D eigenvalue weighted by Crippen LogP contribution is -2.33. The zero-order chi connectivity index (χ0) is 13.9. The van der Waals surface area contributed by atoms with Crippen LogP contribution in [0.3, 0.4) is 0 Å². The SMILES string of the molecule is CC1(C)CC1CNC(=O)C(C#N)Cc1ccccc1. The Kier molecular flexibility index (Phi) is 3.90. The number of carbonyl (C=O) groups is 1. The fraction of sp³-hybridized carbons (Fsp3) is 0.500. The van der Waals surface area contributed by atoms with Crippen LogP contribution in [0.4, 0.5) is 0 Å². The summed E-state index contributed by atoms with van der Waals surface area (Å²) in [5, 5.41) is 12.0. The molecule has 2 atom stereocenters. The Hall–Kier alpha value is -1.82. The van der Waals surface area contributed by atoms with Gasteiger partial charge in [0, 0.05) is 6.54 Å². The van der Waals surface area contributed by atoms with Crippen molar-refractivity contribution in [3.05, 3.63) is 35.9 Å². The first-order chi connectivity index (χ1) is 9.03. The van der Waals surface area contributed by atoms with Crippen molar-refractivity contribution < 1.29 is 4.79 Å². The molecule has 1 aliphatic rings. The molecule has 1 N–H and O–H groups in total. The minimum absolute atomic E-state index is 0.144. The summed E-state index contributed by atoms with van der Waals surface area (Å²) < 4.78 is 0. The van der Waals surface area contributed by atoms with Gasteiger partial charge in [-0.25, -0.2) is 0 Å². The van der Waals surface area contributed by atoms with E-state index in [0.29, 0.717) is 24.3 Å². The van der Waals surface area contributed by atoms with Crippen LogP contribution in [0.1, 0.15) is 25.8 Å². The van der Waals surface area contributed by atoms with E-state index in [9.17, 15) is 4.79 Å². The zero-order valence-corrected chi connectivity index (χ0v) is 11.5. The minimum Gasteiger partial charge on any atom is -0.355 e. The van der Waals surface area contributed by atoms with Gasteiger partial charge in [-0.15, -0.1) is 0 Å². The molecule has 0 aliphatic heterocycles. The first-order valence-electron chi connectivity index (χ1n) is 6.74. The first-order valence-corrected chi connectivity index (χ1v) is 6.74. The van der Waals surface area contributed by atoms with Gasteiger partial charge >= 0.3 is 0 Å². The normalized spacial score (nSPS) is 21.2. The van der Waals surface area contributed by atoms with E-state index in [1.54, 1.807) is 0 Å². The Balaban J connectivity index is 1.84. The quantitative estimate of drug-likeness (QED) is 0.880. The number of nitrogens with one attached hydrogen (secondary N) is 1. The van der Waals surface area contributed by atoms with Crippen LogP contribution in [0, 0.1) is 28.6 Å². The molecule has 1 amide bonds. The maximum absolute atomic E-state index is 12.0. The third-order valence-corrected chi connectivity index (χ3v) is 4.00. The Morgan fingerprint density at radius 3 is 2.63 bits per heavy atom. The highest BCUT2D eigenvalue weighted by Gasteiger charge is 2.45. The smallest absolute Gasteiger partial charge is 0.237 e. The molecule has 3 nitrogen and oxygen atoms in total. The van der Waals surface area contributed by atoms with Crippen molar-refractivity contribution in [3.8, 4) is 6.07 Å². The van der Waals surface area contributed by atoms with Crippen LogP contribution in [0.5, 0.6) is 0 Å². The van der Waals surface area contributed by atoms with Gasteiger partial charge in [0.2, 0.25) is 5.91 Å². The average Bonchev–Trinajstić information content (AvgIpc) is 3.02. The molecule has 19 heavy (non-hydrogen) atoms. The number of benzene rings is 1. The van der Waals surface area contributed by atoms with E-state index in [1.807, 2.05) is 30.3 Å². The predicted molar refractivity (Wildman–Crippen MR) is 74.1 cm³/mol. The van der Waals surface area contributed by atoms with E-state index in [-0.39, 0.29) is 5.91 Å². The third kappa shape index (κ3) is 3.57. The van der Waals surface area contributed by atoms with Gasteiger partial charge in [0.05, 0.1) is 6.07 Å². The van der Waals surface area contributed by atoms with Gasteiger partial charge in [0.15, 0.2) is 0 Å². The second-order valence-corrected chi connectivity index (χ2v) is 6.01. The third-order valence-electron chi connectivity index (χ3n) is 4.00. The Bertz CT molecular complexity index is 487. The van der Waals surface area contributed by atoms with Crippen molar-refractivity contribution >= 4 is 5.91 Å². The molecule has 0 spiro atoms. The summed E-state index contributed by atoms with van der Waals surface area (Å²) in [4.78, 5) is 12.0. The van der Waals surface area contributed by atoms with Crippen LogP contribution in [-0.4, -0.2) is 12.5 Å². The maximum atomic E-state index is 12.0. The molecule has 1 saturated carbocycles. The second-order valence-electron chi connectivity index (χ2n) is 6.01. The lowest BCUT2D eigenvalue weighted by molar-refractivity contribution is -0.123. The summed E-state index contributed by atoms with van der Waals surface area (Å²) in [6.45, 7) is 5.10. The molecular formula is C16H20N2O. The molecule has 100 valence electrons. The summed E-state index contributed by atoms with van der Waals surface area (Å²) in [5.74, 6) is -0.175. The number of nitrogens with zero attached hydrogens (tertiary/aromatic N) is 1. The van der Waals surface area contributed by atoms with Crippen molar-refractivity contribution in [2.24, 2.45) is 17.3 Å². The molecule has 1 aromatic rings. The molecule has 0 radical (unpaired) electrons. The standard InChI is InChI=1S/C16H20N2O/c1-16(2)9-14(16)11-18-15(19)13(10-17)8-12-6-4-3-5-7-12/h3-7,13-14H,8-9,11H2,1-2H3,(H,18,19). The molecule has 0 bridgehead atoms. The van der Waals surface area contributed by atoms with E-state index >= 15 is 0 Å². The van der Waals surface area contributed by atoms with Crippen LogP contribution in [0.15, 0.2) is 30.3 Å². The first kappa shape index (κ1) is 13.6. The Labute approximate surface area is 114 Å². The number of carbonyl (C=O) groups excluding carboxylic acids is 1. The van der Waals surface area contributed by atoms with Crippen LogP contribution in [0.2, 0.25) is 0 Å². The molecule has 1 fully saturated rings. The molecule has 0 saturated heterocycles. The van der Waals surface area contributed by atoms with Crippen molar-refractivity contribution in [3.63, 3.8) is 0 Å². The lowest BCUT2D eigenvalue weighted by Gasteiger charge is -2.11. The Morgan fingerprint density at radius 1 is 1.47 bits per heavy atom. The molecule has 0 aromatic heterocycles. The highest BCUT2D eigenvalue weighted by Crippen LogP contribution is 2.50. The molecule has 2 unspecified atom stereocenters. The van der Waals surface area contributed by atoms with Crippen LogP contribution in [-0.2, 0) is 11.2 Å². The van der Waals surface area contributed by atoms with Gasteiger partial charge < -0.3 is 5.32 Å². The summed E-state index contributed by atoms with van der Waals surface area (Å²) in [5.41, 5.74) is 1.38. The van der Waals surface area contributed by atoms with Gasteiger partial charge in [-0.1, -0.05) is 44.2 Å². The number of hydrogen-bond acceptors (Lipinski definition) is 2. The number of nitriles is 1. The zero-order valence-electron chi connectivity index (χ0n) is 11.5. The van der Waals surface area contributed by atoms with Gasteiger partial charge in [-0.2, -0.15) is 5.26 Å². The monoisotopic (exact) mass is 256 g/mol. The van der Waals surface area contributed by atoms with Crippen LogP contribution >= 0.6 is 0 Å². The highest BCUT2D eigenvalue weighted by atomic mass is 16.1. The van der Waals surface area contributed by atoms with Crippen molar-refractivity contribution in [2.75, 3.05) is 6.54 Å². The largest absolute Gasteiger partial charge is 0.355 e. The predicted octanol–water partition coefficient (Wildman–Crippen LogP) is 2.53. The van der Waals surface area contributed by atoms with E-state index in [2.05, 4.69) is 25.2 Å². The van der Waals surface area contributed by atoms with E-state index in [1.165, 1.54) is 0 Å². The van der Waals surface area contributed by atoms with E-state index in [4.69, 9.17) is 5.26 Å². The summed E-state index contributed by atoms with van der Waals surface area (Å²) in [6, 6.07) is 11.8. The Morgan fingerprint density at radius 2 is 2.11 bits per heavy atom. The average molecular weight is 256 g/mol. The molecular weight excluding hydrogens is 236 g/mol. The topological polar surface area (TPSA) is 52.9 Å². The van der Waals surface area contributed by atoms with Gasteiger partial charge in [-0.3, -0.25) is 4.79 Å². The van der Waals surface area contributed by atoms with E-state index in [0.717, 1.165) is 12.0 Å². The molecule has 1 aliphatic carbocycles. The number of amides is 1. The molecule has 1 aromatic carbocycles. The molecule has 2 rings (SSSR count).